The number of nitrogens with zero attached hydrogens (tertiary/aromatic N) is 2. The van der Waals surface area contributed by atoms with Gasteiger partial charge in [-0.3, -0.25) is 29.4 Å². The Morgan fingerprint density at radius 1 is 0.929 bits per heavy atom. The first kappa shape index (κ1) is 17.4. The molecule has 3 atom stereocenters. The lowest BCUT2D eigenvalue weighted by atomic mass is 9.88. The number of rotatable bonds is 2. The minimum atomic E-state index is -0.922. The normalized spacial score (nSPS) is 29.8. The van der Waals surface area contributed by atoms with Gasteiger partial charge in [0.1, 0.15) is 6.04 Å². The molecule has 0 radical (unpaired) electrons. The summed E-state index contributed by atoms with van der Waals surface area (Å²) >= 11 is 0. The van der Waals surface area contributed by atoms with Crippen molar-refractivity contribution in [3.63, 3.8) is 0 Å². The molecule has 8 nitrogen and oxygen atoms in total. The van der Waals surface area contributed by atoms with Crippen LogP contribution in [0, 0.1) is 11.8 Å². The van der Waals surface area contributed by atoms with E-state index in [2.05, 4.69) is 15.5 Å². The van der Waals surface area contributed by atoms with Gasteiger partial charge in [-0.2, -0.15) is 0 Å². The van der Waals surface area contributed by atoms with Gasteiger partial charge in [-0.05, 0) is 56.0 Å². The summed E-state index contributed by atoms with van der Waals surface area (Å²) < 4.78 is 0. The van der Waals surface area contributed by atoms with Crippen molar-refractivity contribution in [3.8, 4) is 0 Å². The first-order valence-electron chi connectivity index (χ1n) is 9.84. The van der Waals surface area contributed by atoms with Gasteiger partial charge in [-0.25, -0.2) is 0 Å². The van der Waals surface area contributed by atoms with Gasteiger partial charge in [-0.1, -0.05) is 0 Å². The molecule has 146 valence electrons. The van der Waals surface area contributed by atoms with Crippen LogP contribution in [0.4, 0.5) is 5.69 Å². The maximum Gasteiger partial charge on any atom is 0.262 e. The molecule has 8 heteroatoms. The van der Waals surface area contributed by atoms with Crippen molar-refractivity contribution in [3.05, 3.63) is 29.3 Å². The van der Waals surface area contributed by atoms with Crippen molar-refractivity contribution in [1.29, 1.82) is 0 Å². The van der Waals surface area contributed by atoms with Gasteiger partial charge in [0, 0.05) is 25.2 Å². The number of hydrogen-bond donors (Lipinski definition) is 2. The van der Waals surface area contributed by atoms with Gasteiger partial charge >= 0.3 is 0 Å². The zero-order valence-corrected chi connectivity index (χ0v) is 15.4. The lowest BCUT2D eigenvalue weighted by Crippen LogP contribution is -2.54. The minimum Gasteiger partial charge on any atom is -0.371 e. The molecular formula is C20H22N4O4. The third kappa shape index (κ3) is 2.63. The van der Waals surface area contributed by atoms with E-state index in [4.69, 9.17) is 0 Å². The Morgan fingerprint density at radius 3 is 2.54 bits per heavy atom. The van der Waals surface area contributed by atoms with Crippen LogP contribution in [0.2, 0.25) is 0 Å². The van der Waals surface area contributed by atoms with Gasteiger partial charge in [0.2, 0.25) is 11.8 Å². The predicted octanol–water partition coefficient (Wildman–Crippen LogP) is 0.134. The highest BCUT2D eigenvalue weighted by atomic mass is 16.2. The quantitative estimate of drug-likeness (QED) is 0.706. The van der Waals surface area contributed by atoms with Crippen molar-refractivity contribution >= 4 is 29.3 Å². The molecule has 0 aromatic heterocycles. The van der Waals surface area contributed by atoms with E-state index in [9.17, 15) is 19.2 Å². The van der Waals surface area contributed by atoms with E-state index in [1.54, 1.807) is 12.1 Å². The molecule has 0 saturated carbocycles. The van der Waals surface area contributed by atoms with Gasteiger partial charge in [0.15, 0.2) is 0 Å². The molecule has 28 heavy (non-hydrogen) atoms. The average molecular weight is 382 g/mol. The number of fused-ring (bicyclic) bond motifs is 2. The summed E-state index contributed by atoms with van der Waals surface area (Å²) in [6.45, 7) is 3.97. The predicted molar refractivity (Wildman–Crippen MR) is 99.8 cm³/mol. The number of benzene rings is 1. The average Bonchev–Trinajstić information content (AvgIpc) is 3.25. The smallest absolute Gasteiger partial charge is 0.262 e. The summed E-state index contributed by atoms with van der Waals surface area (Å²) in [4.78, 5) is 52.6. The van der Waals surface area contributed by atoms with Gasteiger partial charge in [-0.15, -0.1) is 0 Å². The van der Waals surface area contributed by atoms with E-state index in [0.717, 1.165) is 49.1 Å². The fraction of sp³-hybridized carbons (Fsp3) is 0.500. The molecule has 3 saturated heterocycles. The topological polar surface area (TPSA) is 98.8 Å². The van der Waals surface area contributed by atoms with Gasteiger partial charge < -0.3 is 10.2 Å². The third-order valence-corrected chi connectivity index (χ3v) is 6.49. The number of carbonyl (C=O) groups excluding carboxylic acids is 4. The number of anilines is 1. The summed E-state index contributed by atoms with van der Waals surface area (Å²) in [5, 5.41) is 5.67. The van der Waals surface area contributed by atoms with Crippen molar-refractivity contribution in [2.75, 3.05) is 31.1 Å². The molecular weight excluding hydrogens is 360 g/mol. The number of piperidine rings is 2. The van der Waals surface area contributed by atoms with E-state index in [0.29, 0.717) is 17.0 Å². The highest BCUT2D eigenvalue weighted by molar-refractivity contribution is 6.23. The third-order valence-electron chi connectivity index (χ3n) is 6.49. The SMILES string of the molecule is O=C1CCC(N2C(=O)c3ccc(N4CC[C@@H]5CNCC5C4)cc3C2=O)C(=O)N1. The van der Waals surface area contributed by atoms with Crippen LogP contribution < -0.4 is 15.5 Å². The largest absolute Gasteiger partial charge is 0.371 e. The number of imide groups is 2. The summed E-state index contributed by atoms with van der Waals surface area (Å²) in [5.41, 5.74) is 1.62. The highest BCUT2D eigenvalue weighted by Gasteiger charge is 2.45. The first-order chi connectivity index (χ1) is 13.5. The number of nitrogens with one attached hydrogen (secondary N) is 2. The van der Waals surface area contributed by atoms with Crippen molar-refractivity contribution < 1.29 is 19.2 Å². The zero-order chi connectivity index (χ0) is 19.4. The molecule has 2 unspecified atom stereocenters. The van der Waals surface area contributed by atoms with Crippen LogP contribution in [0.3, 0.4) is 0 Å². The molecule has 4 amide bonds. The second-order valence-corrected chi connectivity index (χ2v) is 8.09. The molecule has 0 aliphatic carbocycles. The number of hydrogen-bond acceptors (Lipinski definition) is 6. The Bertz CT molecular complexity index is 898. The molecule has 5 rings (SSSR count). The van der Waals surface area contributed by atoms with Crippen LogP contribution >= 0.6 is 0 Å². The fourth-order valence-corrected chi connectivity index (χ4v) is 4.93. The second-order valence-electron chi connectivity index (χ2n) is 8.09. The molecule has 3 fully saturated rings. The molecule has 2 N–H and O–H groups in total. The lowest BCUT2D eigenvalue weighted by molar-refractivity contribution is -0.136. The summed E-state index contributed by atoms with van der Waals surface area (Å²) in [6, 6.07) is 4.44. The van der Waals surface area contributed by atoms with Gasteiger partial charge in [0.05, 0.1) is 11.1 Å². The maximum atomic E-state index is 13.0. The van der Waals surface area contributed by atoms with E-state index < -0.39 is 23.8 Å². The van der Waals surface area contributed by atoms with Gasteiger partial charge in [0.25, 0.3) is 11.8 Å². The standard InChI is InChI=1S/C20H22N4O4/c25-17-4-3-16(18(26)22-17)24-19(27)14-2-1-13(7-15(14)20(24)28)23-6-5-11-8-21-9-12(11)10-23/h1-2,7,11-12,16,21H,3-6,8-10H2,(H,22,25,26)/t11-,12?,16?/m1/s1. The summed E-state index contributed by atoms with van der Waals surface area (Å²) in [7, 11) is 0. The van der Waals surface area contributed by atoms with E-state index in [-0.39, 0.29) is 18.7 Å². The molecule has 1 aromatic carbocycles. The van der Waals surface area contributed by atoms with Crippen LogP contribution in [0.25, 0.3) is 0 Å². The maximum absolute atomic E-state index is 13.0. The molecule has 4 aliphatic rings. The van der Waals surface area contributed by atoms with Crippen LogP contribution in [-0.2, 0) is 9.59 Å². The van der Waals surface area contributed by atoms with Crippen LogP contribution in [0.1, 0.15) is 40.0 Å². The Labute approximate surface area is 162 Å². The second kappa shape index (κ2) is 6.41. The highest BCUT2D eigenvalue weighted by Crippen LogP contribution is 2.34. The fourth-order valence-electron chi connectivity index (χ4n) is 4.93. The molecule has 0 bridgehead atoms. The van der Waals surface area contributed by atoms with Crippen LogP contribution in [0.5, 0.6) is 0 Å². The van der Waals surface area contributed by atoms with Crippen molar-refractivity contribution in [1.82, 2.24) is 15.5 Å². The summed E-state index contributed by atoms with van der Waals surface area (Å²) in [5.74, 6) is -0.531. The summed E-state index contributed by atoms with van der Waals surface area (Å²) in [6.07, 6.45) is 1.41. The van der Waals surface area contributed by atoms with E-state index in [1.807, 2.05) is 6.07 Å². The Kier molecular flexibility index (Phi) is 3.97. The first-order valence-corrected chi connectivity index (χ1v) is 9.84. The number of carbonyl (C=O) groups is 4. The Hall–Kier alpha value is -2.74. The monoisotopic (exact) mass is 382 g/mol. The Morgan fingerprint density at radius 2 is 1.71 bits per heavy atom. The van der Waals surface area contributed by atoms with E-state index in [1.165, 1.54) is 0 Å². The van der Waals surface area contributed by atoms with Crippen LogP contribution in [-0.4, -0.2) is 60.7 Å². The van der Waals surface area contributed by atoms with Crippen molar-refractivity contribution in [2.45, 2.75) is 25.3 Å². The molecule has 4 heterocycles. The molecule has 4 aliphatic heterocycles. The lowest BCUT2D eigenvalue weighted by Gasteiger charge is -2.36. The number of amides is 4. The minimum absolute atomic E-state index is 0.124. The zero-order valence-electron chi connectivity index (χ0n) is 15.4. The van der Waals surface area contributed by atoms with Crippen molar-refractivity contribution in [2.24, 2.45) is 11.8 Å². The Balaban J connectivity index is 1.40. The van der Waals surface area contributed by atoms with E-state index >= 15 is 0 Å². The van der Waals surface area contributed by atoms with Crippen LogP contribution in [0.15, 0.2) is 18.2 Å². The molecule has 0 spiro atoms. The molecule has 1 aromatic rings.